The summed E-state index contributed by atoms with van der Waals surface area (Å²) < 4.78 is 0. The first kappa shape index (κ1) is 11.4. The van der Waals surface area contributed by atoms with Gasteiger partial charge in [0.15, 0.2) is 0 Å². The van der Waals surface area contributed by atoms with Crippen LogP contribution < -0.4 is 10.6 Å². The van der Waals surface area contributed by atoms with Gasteiger partial charge in [0.2, 0.25) is 0 Å². The Hall–Kier alpha value is -0.0800. The van der Waals surface area contributed by atoms with Crippen molar-refractivity contribution in [1.29, 1.82) is 0 Å². The molecule has 1 aliphatic heterocycles. The van der Waals surface area contributed by atoms with E-state index in [2.05, 4.69) is 24.5 Å². The third kappa shape index (κ3) is 2.54. The summed E-state index contributed by atoms with van der Waals surface area (Å²) in [4.78, 5) is 0. The van der Waals surface area contributed by atoms with Crippen molar-refractivity contribution in [1.82, 2.24) is 10.6 Å². The fraction of sp³-hybridized carbons (Fsp3) is 1.00. The molecule has 1 unspecified atom stereocenters. The Morgan fingerprint density at radius 2 is 1.87 bits per heavy atom. The largest absolute Gasteiger partial charge is 0.314 e. The molecule has 15 heavy (non-hydrogen) atoms. The molecule has 0 amide bonds. The van der Waals surface area contributed by atoms with E-state index >= 15 is 0 Å². The minimum Gasteiger partial charge on any atom is -0.314 e. The molecule has 2 aliphatic rings. The summed E-state index contributed by atoms with van der Waals surface area (Å²) >= 11 is 0. The third-order valence-corrected chi connectivity index (χ3v) is 4.68. The first-order valence-corrected chi connectivity index (χ1v) is 6.70. The van der Waals surface area contributed by atoms with E-state index < -0.39 is 0 Å². The smallest absolute Gasteiger partial charge is 0.0304 e. The Labute approximate surface area is 94.2 Å². The predicted octanol–water partition coefficient (Wildman–Crippen LogP) is 2.30. The highest BCUT2D eigenvalue weighted by atomic mass is 15.1. The molecule has 1 heterocycles. The van der Waals surface area contributed by atoms with Crippen molar-refractivity contribution in [2.75, 3.05) is 19.6 Å². The van der Waals surface area contributed by atoms with Crippen LogP contribution in [0, 0.1) is 5.41 Å². The molecule has 0 spiro atoms. The lowest BCUT2D eigenvalue weighted by Crippen LogP contribution is -2.48. The summed E-state index contributed by atoms with van der Waals surface area (Å²) in [5, 5.41) is 7.39. The minimum atomic E-state index is 0.420. The van der Waals surface area contributed by atoms with Gasteiger partial charge >= 0.3 is 0 Å². The van der Waals surface area contributed by atoms with Crippen molar-refractivity contribution >= 4 is 0 Å². The van der Waals surface area contributed by atoms with Gasteiger partial charge in [0.25, 0.3) is 0 Å². The second-order valence-electron chi connectivity index (χ2n) is 5.62. The van der Waals surface area contributed by atoms with E-state index in [-0.39, 0.29) is 0 Å². The molecule has 0 aromatic carbocycles. The van der Waals surface area contributed by atoms with Gasteiger partial charge in [-0.3, -0.25) is 0 Å². The predicted molar refractivity (Wildman–Crippen MR) is 65.1 cm³/mol. The monoisotopic (exact) mass is 210 g/mol. The van der Waals surface area contributed by atoms with Crippen LogP contribution >= 0.6 is 0 Å². The molecule has 1 atom stereocenters. The van der Waals surface area contributed by atoms with E-state index in [1.165, 1.54) is 58.2 Å². The summed E-state index contributed by atoms with van der Waals surface area (Å²) in [5.74, 6) is 0. The Morgan fingerprint density at radius 1 is 1.07 bits per heavy atom. The second-order valence-corrected chi connectivity index (χ2v) is 5.62. The lowest BCUT2D eigenvalue weighted by Gasteiger charge is -2.29. The van der Waals surface area contributed by atoms with Gasteiger partial charge in [-0.1, -0.05) is 13.8 Å². The van der Waals surface area contributed by atoms with E-state index in [1.54, 1.807) is 0 Å². The summed E-state index contributed by atoms with van der Waals surface area (Å²) in [6.07, 6.45) is 8.22. The molecule has 0 radical (unpaired) electrons. The summed E-state index contributed by atoms with van der Waals surface area (Å²) in [6.45, 7) is 8.28. The quantitative estimate of drug-likeness (QED) is 0.703. The zero-order valence-electron chi connectivity index (χ0n) is 10.4. The fourth-order valence-electron chi connectivity index (χ4n) is 2.85. The topological polar surface area (TPSA) is 24.1 Å². The highest BCUT2D eigenvalue weighted by Gasteiger charge is 2.40. The van der Waals surface area contributed by atoms with Crippen molar-refractivity contribution in [3.05, 3.63) is 0 Å². The summed E-state index contributed by atoms with van der Waals surface area (Å²) in [6, 6.07) is 0. The molecule has 88 valence electrons. The highest BCUT2D eigenvalue weighted by Crippen LogP contribution is 2.47. The van der Waals surface area contributed by atoms with Crippen LogP contribution in [0.1, 0.15) is 52.4 Å². The van der Waals surface area contributed by atoms with Gasteiger partial charge in [-0.25, -0.2) is 0 Å². The summed E-state index contributed by atoms with van der Waals surface area (Å²) in [5.41, 5.74) is 1.11. The van der Waals surface area contributed by atoms with E-state index in [4.69, 9.17) is 0 Å². The SMILES string of the molecule is CCC1(CNCC2(CC)CCCN2)CC1. The van der Waals surface area contributed by atoms with Crippen LogP contribution in [0.25, 0.3) is 0 Å². The number of nitrogens with one attached hydrogen (secondary N) is 2. The van der Waals surface area contributed by atoms with E-state index in [1.807, 2.05) is 0 Å². The van der Waals surface area contributed by atoms with Crippen LogP contribution in [0.2, 0.25) is 0 Å². The third-order valence-electron chi connectivity index (χ3n) is 4.68. The van der Waals surface area contributed by atoms with Crippen LogP contribution in [0.4, 0.5) is 0 Å². The first-order chi connectivity index (χ1) is 7.24. The number of hydrogen-bond donors (Lipinski definition) is 2. The molecular formula is C13H26N2. The van der Waals surface area contributed by atoms with Crippen molar-refractivity contribution in [3.63, 3.8) is 0 Å². The average Bonchev–Trinajstić information content (AvgIpc) is 2.89. The molecule has 0 bridgehead atoms. The van der Waals surface area contributed by atoms with Crippen molar-refractivity contribution in [2.24, 2.45) is 5.41 Å². The Morgan fingerprint density at radius 3 is 2.33 bits per heavy atom. The van der Waals surface area contributed by atoms with Gasteiger partial charge in [-0.15, -0.1) is 0 Å². The van der Waals surface area contributed by atoms with Gasteiger partial charge in [0.05, 0.1) is 0 Å². The van der Waals surface area contributed by atoms with Crippen LogP contribution in [-0.2, 0) is 0 Å². The van der Waals surface area contributed by atoms with Crippen LogP contribution in [0.3, 0.4) is 0 Å². The molecule has 0 aromatic rings. The Kier molecular flexibility index (Phi) is 3.36. The van der Waals surface area contributed by atoms with Gasteiger partial charge in [-0.2, -0.15) is 0 Å². The van der Waals surface area contributed by atoms with Gasteiger partial charge in [0, 0.05) is 18.6 Å². The van der Waals surface area contributed by atoms with Crippen LogP contribution in [0.5, 0.6) is 0 Å². The average molecular weight is 210 g/mol. The zero-order valence-corrected chi connectivity index (χ0v) is 10.4. The van der Waals surface area contributed by atoms with Crippen molar-refractivity contribution in [3.8, 4) is 0 Å². The molecule has 1 saturated carbocycles. The van der Waals surface area contributed by atoms with Gasteiger partial charge in [0.1, 0.15) is 0 Å². The maximum absolute atomic E-state index is 3.71. The van der Waals surface area contributed by atoms with E-state index in [9.17, 15) is 0 Å². The summed E-state index contributed by atoms with van der Waals surface area (Å²) in [7, 11) is 0. The molecule has 0 aromatic heterocycles. The maximum atomic E-state index is 3.71. The fourth-order valence-corrected chi connectivity index (χ4v) is 2.85. The molecule has 1 saturated heterocycles. The zero-order chi connectivity index (χ0) is 10.8. The van der Waals surface area contributed by atoms with E-state index in [0.29, 0.717) is 11.0 Å². The Balaban J connectivity index is 1.72. The molecule has 2 heteroatoms. The van der Waals surface area contributed by atoms with Gasteiger partial charge in [-0.05, 0) is 50.5 Å². The van der Waals surface area contributed by atoms with Crippen molar-refractivity contribution < 1.29 is 0 Å². The molecule has 2 N–H and O–H groups in total. The van der Waals surface area contributed by atoms with Crippen LogP contribution in [-0.4, -0.2) is 25.2 Å². The van der Waals surface area contributed by atoms with Crippen molar-refractivity contribution in [2.45, 2.75) is 57.9 Å². The lowest BCUT2D eigenvalue weighted by molar-refractivity contribution is 0.321. The van der Waals surface area contributed by atoms with Crippen LogP contribution in [0.15, 0.2) is 0 Å². The molecule has 2 fully saturated rings. The molecule has 2 rings (SSSR count). The lowest BCUT2D eigenvalue weighted by atomic mass is 9.93. The second kappa shape index (κ2) is 4.42. The maximum Gasteiger partial charge on any atom is 0.0304 e. The standard InChI is InChI=1S/C13H26N2/c1-3-12(7-8-12)10-14-11-13(4-2)6-5-9-15-13/h14-15H,3-11H2,1-2H3. The highest BCUT2D eigenvalue weighted by molar-refractivity contribution is 4.97. The molecular weight excluding hydrogens is 184 g/mol. The molecule has 2 nitrogen and oxygen atoms in total. The first-order valence-electron chi connectivity index (χ1n) is 6.70. The number of hydrogen-bond acceptors (Lipinski definition) is 2. The minimum absolute atomic E-state index is 0.420. The Bertz CT molecular complexity index is 203. The normalized spacial score (nSPS) is 33.2. The van der Waals surface area contributed by atoms with Gasteiger partial charge < -0.3 is 10.6 Å². The molecule has 1 aliphatic carbocycles. The number of rotatable bonds is 6. The van der Waals surface area contributed by atoms with E-state index in [0.717, 1.165) is 0 Å².